The molecule has 2 fully saturated rings. The van der Waals surface area contributed by atoms with Crippen molar-refractivity contribution < 1.29 is 4.39 Å². The van der Waals surface area contributed by atoms with E-state index < -0.39 is 0 Å². The molecule has 2 saturated heterocycles. The van der Waals surface area contributed by atoms with E-state index in [1.807, 2.05) is 26.8 Å². The van der Waals surface area contributed by atoms with Crippen molar-refractivity contribution >= 4 is 0 Å². The Morgan fingerprint density at radius 1 is 0.684 bits per heavy atom. The lowest BCUT2D eigenvalue weighted by Crippen LogP contribution is -2.49. The summed E-state index contributed by atoms with van der Waals surface area (Å²) in [5.41, 5.74) is 1.50. The first-order valence-corrected chi connectivity index (χ1v) is 14.6. The lowest BCUT2D eigenvalue weighted by Gasteiger charge is -2.42. The summed E-state index contributed by atoms with van der Waals surface area (Å²) in [5.74, 6) is 0. The van der Waals surface area contributed by atoms with Crippen LogP contribution < -0.4 is 10.6 Å². The summed E-state index contributed by atoms with van der Waals surface area (Å²) < 4.78 is 11.5. The van der Waals surface area contributed by atoms with Crippen LogP contribution in [0.3, 0.4) is 0 Å². The maximum Gasteiger partial charge on any atom is 0.102 e. The summed E-state index contributed by atoms with van der Waals surface area (Å²) >= 11 is 0. The number of nitrogens with one attached hydrogen (secondary N) is 2. The third-order valence-corrected chi connectivity index (χ3v) is 6.07. The van der Waals surface area contributed by atoms with E-state index in [9.17, 15) is 4.39 Å². The molecule has 0 bridgehead atoms. The molecular weight excluding hydrogens is 473 g/mol. The monoisotopic (exact) mass is 546 g/mol. The van der Waals surface area contributed by atoms with E-state index in [0.29, 0.717) is 23.2 Å². The number of hydrogen-bond acceptors (Lipinski definition) is 5. The second-order valence-electron chi connectivity index (χ2n) is 15.5. The molecule has 0 atom stereocenters. The number of nitrogens with zero attached hydrogens (tertiary/aromatic N) is 3. The molecule has 0 aromatic carbocycles. The largest absolute Gasteiger partial charge is 0.309 e. The minimum atomic E-state index is -0.280. The van der Waals surface area contributed by atoms with Crippen molar-refractivity contribution in [2.75, 3.05) is 60.0 Å². The van der Waals surface area contributed by atoms with Crippen molar-refractivity contribution in [3.05, 3.63) is 12.7 Å². The molecule has 2 rings (SSSR count). The first kappa shape index (κ1) is 41.9. The molecular formula is C32H72FN5. The van der Waals surface area contributed by atoms with Gasteiger partial charge in [-0.3, -0.25) is 9.80 Å². The molecule has 2 aliphatic rings. The van der Waals surface area contributed by atoms with Crippen molar-refractivity contribution in [1.29, 1.82) is 0 Å². The van der Waals surface area contributed by atoms with E-state index in [-0.39, 0.29) is 17.8 Å². The zero-order valence-corrected chi connectivity index (χ0v) is 29.2. The smallest absolute Gasteiger partial charge is 0.102 e. The second-order valence-corrected chi connectivity index (χ2v) is 15.5. The molecule has 5 nitrogen and oxygen atoms in total. The molecule has 0 amide bonds. The van der Waals surface area contributed by atoms with Crippen molar-refractivity contribution in [3.63, 3.8) is 0 Å². The predicted molar refractivity (Wildman–Crippen MR) is 172 cm³/mol. The van der Waals surface area contributed by atoms with Crippen LogP contribution in [0.4, 0.5) is 4.39 Å². The number of alkyl halides is 1. The van der Waals surface area contributed by atoms with Crippen molar-refractivity contribution in [1.82, 2.24) is 25.3 Å². The fraction of sp³-hybridized carbons (Fsp3) is 0.938. The van der Waals surface area contributed by atoms with Gasteiger partial charge in [-0.25, -0.2) is 4.39 Å². The first-order chi connectivity index (χ1) is 16.8. The van der Waals surface area contributed by atoms with Crippen molar-refractivity contribution in [2.24, 2.45) is 0 Å². The highest BCUT2D eigenvalue weighted by molar-refractivity contribution is 4.86. The summed E-state index contributed by atoms with van der Waals surface area (Å²) in [7, 11) is 4.17. The third kappa shape index (κ3) is 31.7. The van der Waals surface area contributed by atoms with Gasteiger partial charge in [0.15, 0.2) is 0 Å². The summed E-state index contributed by atoms with van der Waals surface area (Å²) in [4.78, 5) is 7.12. The van der Waals surface area contributed by atoms with Crippen LogP contribution in [-0.4, -0.2) is 102 Å². The van der Waals surface area contributed by atoms with Gasteiger partial charge >= 0.3 is 0 Å². The molecule has 0 aliphatic carbocycles. The zero-order chi connectivity index (χ0) is 31.0. The fourth-order valence-electron chi connectivity index (χ4n) is 2.51. The molecule has 2 heterocycles. The van der Waals surface area contributed by atoms with Crippen LogP contribution in [0, 0.1) is 0 Å². The molecule has 0 unspecified atom stereocenters. The van der Waals surface area contributed by atoms with Gasteiger partial charge in [-0.15, -0.1) is 6.58 Å². The molecule has 0 aromatic rings. The maximum absolute atomic E-state index is 11.5. The second kappa shape index (κ2) is 18.7. The van der Waals surface area contributed by atoms with Gasteiger partial charge in [0.1, 0.15) is 6.67 Å². The minimum Gasteiger partial charge on any atom is -0.309 e. The van der Waals surface area contributed by atoms with Gasteiger partial charge in [-0.05, 0) is 137 Å². The standard InChI is InChI=1S/2C7H15N.C6H14FN.C6H13N.C6H15N/c1-7(2,3)8-5-4-6-8;1-5-6-8-7(2,3)4;1-6(2,3)8-5-4-7;1-6(2,3)7-4-5-7;1-6(2,3)7(4)5/h4-6H2,1-3H3;5,8H,1,6H2,2-4H3;8H,4-5H2,1-3H3;4-5H2,1-3H3;1-5H3. The van der Waals surface area contributed by atoms with Gasteiger partial charge in [-0.2, -0.15) is 0 Å². The molecule has 0 saturated carbocycles. The van der Waals surface area contributed by atoms with Gasteiger partial charge in [0, 0.05) is 53.9 Å². The lowest BCUT2D eigenvalue weighted by atomic mass is 10.0. The van der Waals surface area contributed by atoms with Gasteiger partial charge in [0.25, 0.3) is 0 Å². The highest BCUT2D eigenvalue weighted by atomic mass is 19.1. The molecule has 0 aromatic heterocycles. The Balaban J connectivity index is -0.000000403. The van der Waals surface area contributed by atoms with Gasteiger partial charge in [0.2, 0.25) is 0 Å². The van der Waals surface area contributed by atoms with Crippen LogP contribution in [-0.2, 0) is 0 Å². The Hall–Kier alpha value is -0.530. The van der Waals surface area contributed by atoms with E-state index in [4.69, 9.17) is 0 Å². The Bertz CT molecular complexity index is 549. The van der Waals surface area contributed by atoms with Gasteiger partial charge in [-0.1, -0.05) is 6.08 Å². The highest BCUT2D eigenvalue weighted by Crippen LogP contribution is 2.20. The summed E-state index contributed by atoms with van der Waals surface area (Å²) in [5, 5.41) is 6.25. The molecule has 0 radical (unpaired) electrons. The van der Waals surface area contributed by atoms with E-state index >= 15 is 0 Å². The summed E-state index contributed by atoms with van der Waals surface area (Å²) in [6.45, 7) is 42.5. The van der Waals surface area contributed by atoms with E-state index in [1.54, 1.807) is 0 Å². The third-order valence-electron chi connectivity index (χ3n) is 6.07. The van der Waals surface area contributed by atoms with E-state index in [0.717, 1.165) is 6.54 Å². The molecule has 2 N–H and O–H groups in total. The SMILES string of the molecule is C=CCNC(C)(C)C.CC(C)(C)N1CC1.CC(C)(C)N1CCC1.CC(C)(C)NCCF.CN(C)C(C)(C)C. The normalized spacial score (nSPS) is 16.3. The van der Waals surface area contributed by atoms with Crippen LogP contribution >= 0.6 is 0 Å². The number of likely N-dealkylation sites (tertiary alicyclic amines) is 1. The average molecular weight is 546 g/mol. The number of rotatable bonds is 4. The van der Waals surface area contributed by atoms with Gasteiger partial charge in [0.05, 0.1) is 0 Å². The Morgan fingerprint density at radius 2 is 1.03 bits per heavy atom. The molecule has 0 spiro atoms. The van der Waals surface area contributed by atoms with Crippen LogP contribution in [0.15, 0.2) is 12.7 Å². The fourth-order valence-corrected chi connectivity index (χ4v) is 2.51. The number of hydrogen-bond donors (Lipinski definition) is 2. The van der Waals surface area contributed by atoms with Crippen molar-refractivity contribution in [2.45, 2.75) is 138 Å². The Labute approximate surface area is 240 Å². The molecule has 6 heteroatoms. The molecule has 232 valence electrons. The quantitative estimate of drug-likeness (QED) is 0.298. The average Bonchev–Trinajstić information content (AvgIpc) is 3.47. The van der Waals surface area contributed by atoms with Crippen molar-refractivity contribution in [3.8, 4) is 0 Å². The lowest BCUT2D eigenvalue weighted by molar-refractivity contribution is 0.0690. The minimum absolute atomic E-state index is 0.0616. The van der Waals surface area contributed by atoms with Crippen LogP contribution in [0.25, 0.3) is 0 Å². The summed E-state index contributed by atoms with van der Waals surface area (Å²) in [6.07, 6.45) is 3.27. The first-order valence-electron chi connectivity index (χ1n) is 14.6. The molecule has 2 aliphatic heterocycles. The van der Waals surface area contributed by atoms with E-state index in [2.05, 4.69) is 129 Å². The van der Waals surface area contributed by atoms with E-state index in [1.165, 1.54) is 32.6 Å². The van der Waals surface area contributed by atoms with Crippen LogP contribution in [0.1, 0.15) is 110 Å². The predicted octanol–water partition coefficient (Wildman–Crippen LogP) is 6.84. The highest BCUT2D eigenvalue weighted by Gasteiger charge is 2.29. The maximum atomic E-state index is 11.5. The van der Waals surface area contributed by atoms with Crippen LogP contribution in [0.2, 0.25) is 0 Å². The molecule has 38 heavy (non-hydrogen) atoms. The Kier molecular flexibility index (Phi) is 20.7. The topological polar surface area (TPSA) is 33.6 Å². The summed E-state index contributed by atoms with van der Waals surface area (Å²) in [6, 6.07) is 0. The Morgan fingerprint density at radius 3 is 1.08 bits per heavy atom. The number of halogens is 1. The van der Waals surface area contributed by atoms with Gasteiger partial charge < -0.3 is 15.5 Å². The van der Waals surface area contributed by atoms with Crippen LogP contribution in [0.5, 0.6) is 0 Å². The zero-order valence-electron chi connectivity index (χ0n) is 29.2.